The van der Waals surface area contributed by atoms with Crippen LogP contribution in [0.15, 0.2) is 59.8 Å². The number of ether oxygens (including phenoxy) is 1. The van der Waals surface area contributed by atoms with Crippen LogP contribution in [0.4, 0.5) is 10.1 Å². The Morgan fingerprint density at radius 2 is 1.82 bits per heavy atom. The minimum absolute atomic E-state index is 0.222. The van der Waals surface area contributed by atoms with Gasteiger partial charge in [0.05, 0.1) is 24.4 Å². The van der Waals surface area contributed by atoms with Crippen molar-refractivity contribution in [2.24, 2.45) is 0 Å². The van der Waals surface area contributed by atoms with Crippen LogP contribution < -0.4 is 15.0 Å². The maximum absolute atomic E-state index is 14.5. The quantitative estimate of drug-likeness (QED) is 0.796. The van der Waals surface area contributed by atoms with Gasteiger partial charge in [0, 0.05) is 25.4 Å². The van der Waals surface area contributed by atoms with Crippen LogP contribution in [0, 0.1) is 5.82 Å². The predicted molar refractivity (Wildman–Crippen MR) is 112 cm³/mol. The Balaban J connectivity index is 2.22. The summed E-state index contributed by atoms with van der Waals surface area (Å²) in [6, 6.07) is 13.1. The lowest BCUT2D eigenvalue weighted by atomic mass is 9.93. The molecule has 2 aromatic carbocycles. The van der Waals surface area contributed by atoms with E-state index in [1.165, 1.54) is 11.0 Å². The number of carbonyl (C=O) groups excluding carboxylic acids is 1. The van der Waals surface area contributed by atoms with Crippen LogP contribution in [-0.2, 0) is 4.79 Å². The van der Waals surface area contributed by atoms with Crippen molar-refractivity contribution in [3.05, 3.63) is 71.2 Å². The number of allylic oxidation sites excluding steroid dienone is 1. The number of anilines is 1. The number of likely N-dealkylation sites (N-methyl/N-ethyl adjacent to an activating group) is 1. The largest absolute Gasteiger partial charge is 0.495 e. The Labute approximate surface area is 169 Å². The highest BCUT2D eigenvalue weighted by Gasteiger charge is 2.37. The molecule has 0 saturated carbocycles. The van der Waals surface area contributed by atoms with Gasteiger partial charge < -0.3 is 15.0 Å². The number of carbonyl (C=O) groups is 1. The molecule has 28 heavy (non-hydrogen) atoms. The second-order valence-electron chi connectivity index (χ2n) is 6.61. The van der Waals surface area contributed by atoms with Gasteiger partial charge in [0.1, 0.15) is 11.6 Å². The van der Waals surface area contributed by atoms with E-state index in [1.807, 2.05) is 31.2 Å². The van der Waals surface area contributed by atoms with Crippen LogP contribution >= 0.6 is 12.2 Å². The van der Waals surface area contributed by atoms with E-state index in [2.05, 4.69) is 5.32 Å². The number of thiocarbonyl (C=S) groups is 1. The molecule has 7 heteroatoms. The van der Waals surface area contributed by atoms with Gasteiger partial charge in [-0.3, -0.25) is 9.69 Å². The maximum atomic E-state index is 14.5. The monoisotopic (exact) mass is 399 g/mol. The highest BCUT2D eigenvalue weighted by Crippen LogP contribution is 2.38. The van der Waals surface area contributed by atoms with Crippen molar-refractivity contribution in [1.29, 1.82) is 0 Å². The molecule has 5 nitrogen and oxygen atoms in total. The minimum atomic E-state index is -0.686. The second-order valence-corrected chi connectivity index (χ2v) is 7.00. The summed E-state index contributed by atoms with van der Waals surface area (Å²) < 4.78 is 20.0. The van der Waals surface area contributed by atoms with Crippen LogP contribution in [0.25, 0.3) is 0 Å². The summed E-state index contributed by atoms with van der Waals surface area (Å²) in [6.45, 7) is 1.81. The van der Waals surface area contributed by atoms with Crippen LogP contribution in [0.1, 0.15) is 18.5 Å². The van der Waals surface area contributed by atoms with E-state index in [-0.39, 0.29) is 5.91 Å². The number of hydrogen-bond donors (Lipinski definition) is 1. The van der Waals surface area contributed by atoms with Crippen LogP contribution in [-0.4, -0.2) is 37.1 Å². The molecule has 1 unspecified atom stereocenters. The van der Waals surface area contributed by atoms with E-state index in [9.17, 15) is 9.18 Å². The molecule has 0 aromatic heterocycles. The molecule has 0 spiro atoms. The zero-order valence-electron chi connectivity index (χ0n) is 16.2. The summed E-state index contributed by atoms with van der Waals surface area (Å²) in [4.78, 5) is 16.3. The lowest BCUT2D eigenvalue weighted by molar-refractivity contribution is -0.125. The third-order valence-electron chi connectivity index (χ3n) is 4.66. The molecule has 1 heterocycles. The summed E-state index contributed by atoms with van der Waals surface area (Å²) in [5.74, 6) is -0.00181. The zero-order chi connectivity index (χ0) is 20.4. The van der Waals surface area contributed by atoms with E-state index in [4.69, 9.17) is 17.0 Å². The molecular weight excluding hydrogens is 377 g/mol. The summed E-state index contributed by atoms with van der Waals surface area (Å²) in [5.41, 5.74) is 2.12. The van der Waals surface area contributed by atoms with Gasteiger partial charge in [-0.2, -0.15) is 0 Å². The predicted octanol–water partition coefficient (Wildman–Crippen LogP) is 3.63. The molecule has 1 atom stereocenters. The van der Waals surface area contributed by atoms with Crippen LogP contribution in [0.3, 0.4) is 0 Å². The van der Waals surface area contributed by atoms with Crippen molar-refractivity contribution in [3.8, 4) is 5.75 Å². The molecular formula is C21H22FN3O2S. The van der Waals surface area contributed by atoms with Gasteiger partial charge >= 0.3 is 0 Å². The van der Waals surface area contributed by atoms with E-state index in [1.54, 1.807) is 44.3 Å². The van der Waals surface area contributed by atoms with Gasteiger partial charge in [-0.15, -0.1) is 0 Å². The Bertz CT molecular complexity index is 958. The molecule has 0 saturated heterocycles. The number of nitrogens with one attached hydrogen (secondary N) is 1. The molecule has 3 rings (SSSR count). The van der Waals surface area contributed by atoms with Gasteiger partial charge in [0.25, 0.3) is 5.91 Å². The second kappa shape index (κ2) is 7.98. The van der Waals surface area contributed by atoms with Crippen LogP contribution in [0.5, 0.6) is 5.75 Å². The van der Waals surface area contributed by atoms with Crippen molar-refractivity contribution >= 4 is 28.9 Å². The smallest absolute Gasteiger partial charge is 0.253 e. The number of methoxy groups -OCH3 is 1. The highest BCUT2D eigenvalue weighted by molar-refractivity contribution is 7.80. The average molecular weight is 399 g/mol. The minimum Gasteiger partial charge on any atom is -0.495 e. The SMILES string of the molecule is COc1ccccc1N1C(=S)NC(c2ccccc2F)C(C(=O)N(C)C)=C1C. The fourth-order valence-corrected chi connectivity index (χ4v) is 3.66. The number of para-hydroxylation sites is 2. The Morgan fingerprint density at radius 1 is 1.18 bits per heavy atom. The van der Waals surface area contributed by atoms with Crippen molar-refractivity contribution in [2.45, 2.75) is 13.0 Å². The number of nitrogens with zero attached hydrogens (tertiary/aromatic N) is 2. The fraction of sp³-hybridized carbons (Fsp3) is 0.238. The first-order valence-electron chi connectivity index (χ1n) is 8.77. The van der Waals surface area contributed by atoms with E-state index >= 15 is 0 Å². The van der Waals surface area contributed by atoms with Crippen molar-refractivity contribution < 1.29 is 13.9 Å². The van der Waals surface area contributed by atoms with E-state index in [0.717, 1.165) is 0 Å². The van der Waals surface area contributed by atoms with Crippen molar-refractivity contribution in [1.82, 2.24) is 10.2 Å². The lowest BCUT2D eigenvalue weighted by Gasteiger charge is -2.39. The molecule has 146 valence electrons. The Hall–Kier alpha value is -2.93. The first-order chi connectivity index (χ1) is 13.4. The first kappa shape index (κ1) is 19.8. The number of amides is 1. The summed E-state index contributed by atoms with van der Waals surface area (Å²) >= 11 is 5.60. The molecule has 0 fully saturated rings. The Kier molecular flexibility index (Phi) is 5.65. The molecule has 1 amide bonds. The van der Waals surface area contributed by atoms with E-state index < -0.39 is 11.9 Å². The van der Waals surface area contributed by atoms with Gasteiger partial charge in [-0.1, -0.05) is 30.3 Å². The molecule has 0 radical (unpaired) electrons. The molecule has 1 aliphatic rings. The standard InChI is InChI=1S/C21H22FN3O2S/c1-13-18(20(26)24(2)3)19(14-9-5-6-10-15(14)22)23-21(28)25(13)16-11-7-8-12-17(16)27-4/h5-12,19H,1-4H3,(H,23,28). The number of halogens is 1. The molecule has 0 bridgehead atoms. The molecule has 2 aromatic rings. The lowest BCUT2D eigenvalue weighted by Crippen LogP contribution is -2.49. The van der Waals surface area contributed by atoms with Crippen molar-refractivity contribution in [3.63, 3.8) is 0 Å². The highest BCUT2D eigenvalue weighted by atomic mass is 32.1. The number of benzene rings is 2. The first-order valence-corrected chi connectivity index (χ1v) is 9.18. The Morgan fingerprint density at radius 3 is 2.46 bits per heavy atom. The molecule has 0 aliphatic carbocycles. The van der Waals surface area contributed by atoms with Gasteiger partial charge in [-0.25, -0.2) is 4.39 Å². The topological polar surface area (TPSA) is 44.8 Å². The summed E-state index contributed by atoms with van der Waals surface area (Å²) in [5, 5.41) is 3.51. The summed E-state index contributed by atoms with van der Waals surface area (Å²) in [7, 11) is 4.91. The van der Waals surface area contributed by atoms with E-state index in [0.29, 0.717) is 33.4 Å². The third kappa shape index (κ3) is 3.45. The third-order valence-corrected chi connectivity index (χ3v) is 4.96. The average Bonchev–Trinajstić information content (AvgIpc) is 2.68. The molecule has 1 aliphatic heterocycles. The van der Waals surface area contributed by atoms with Gasteiger partial charge in [-0.05, 0) is 37.3 Å². The molecule has 1 N–H and O–H groups in total. The normalized spacial score (nSPS) is 16.7. The van der Waals surface area contributed by atoms with Gasteiger partial charge in [0.15, 0.2) is 5.11 Å². The van der Waals surface area contributed by atoms with Crippen LogP contribution in [0.2, 0.25) is 0 Å². The summed E-state index contributed by atoms with van der Waals surface area (Å²) in [6.07, 6.45) is 0. The maximum Gasteiger partial charge on any atom is 0.253 e. The zero-order valence-corrected chi connectivity index (χ0v) is 17.0. The number of hydrogen-bond acceptors (Lipinski definition) is 3. The number of rotatable bonds is 4. The van der Waals surface area contributed by atoms with Crippen molar-refractivity contribution in [2.75, 3.05) is 26.1 Å². The fourth-order valence-electron chi connectivity index (χ4n) is 3.31. The van der Waals surface area contributed by atoms with Gasteiger partial charge in [0.2, 0.25) is 0 Å².